The summed E-state index contributed by atoms with van der Waals surface area (Å²) in [5.74, 6) is 0.573. The van der Waals surface area contributed by atoms with Crippen molar-refractivity contribution in [2.24, 2.45) is 5.92 Å². The van der Waals surface area contributed by atoms with Crippen molar-refractivity contribution < 1.29 is 4.39 Å². The first-order valence-electron chi connectivity index (χ1n) is 9.12. The van der Waals surface area contributed by atoms with Crippen molar-refractivity contribution >= 4 is 16.6 Å². The molecule has 2 N–H and O–H groups in total. The van der Waals surface area contributed by atoms with Crippen LogP contribution >= 0.6 is 0 Å². The van der Waals surface area contributed by atoms with Crippen molar-refractivity contribution in [3.63, 3.8) is 0 Å². The normalized spacial score (nSPS) is 22.2. The largest absolute Gasteiger partial charge is 0.377 e. The van der Waals surface area contributed by atoms with Crippen LogP contribution in [0, 0.1) is 18.7 Å². The smallest absolute Gasteiger partial charge is 0.248 e. The average molecular weight is 350 g/mol. The minimum Gasteiger partial charge on any atom is -0.377 e. The molecule has 26 heavy (non-hydrogen) atoms. The zero-order valence-corrected chi connectivity index (χ0v) is 15.3. The van der Waals surface area contributed by atoms with Crippen LogP contribution in [-0.2, 0) is 0 Å². The second-order valence-corrected chi connectivity index (χ2v) is 7.55. The Labute approximate surface area is 152 Å². The summed E-state index contributed by atoms with van der Waals surface area (Å²) >= 11 is 0. The fourth-order valence-corrected chi connectivity index (χ4v) is 4.51. The van der Waals surface area contributed by atoms with Crippen LogP contribution in [0.3, 0.4) is 0 Å². The number of aromatic nitrogens is 1. The maximum absolute atomic E-state index is 14.1. The number of rotatable bonds is 2. The molecule has 3 unspecified atom stereocenters. The number of H-pyrrole nitrogens is 1. The molecule has 0 radical (unpaired) electrons. The Balaban J connectivity index is 1.83. The quantitative estimate of drug-likeness (QED) is 0.661. The lowest BCUT2D eigenvalue weighted by Crippen LogP contribution is -2.27. The molecule has 1 aliphatic carbocycles. The predicted octanol–water partition coefficient (Wildman–Crippen LogP) is 5.27. The van der Waals surface area contributed by atoms with E-state index in [1.807, 2.05) is 0 Å². The molecule has 0 saturated heterocycles. The van der Waals surface area contributed by atoms with Crippen molar-refractivity contribution in [1.82, 2.24) is 4.98 Å². The number of anilines is 1. The third-order valence-corrected chi connectivity index (χ3v) is 5.60. The highest BCUT2D eigenvalue weighted by molar-refractivity contribution is 5.91. The van der Waals surface area contributed by atoms with Crippen LogP contribution in [0.4, 0.5) is 10.1 Å². The van der Waals surface area contributed by atoms with Gasteiger partial charge in [0, 0.05) is 17.1 Å². The maximum Gasteiger partial charge on any atom is 0.248 e. The van der Waals surface area contributed by atoms with Gasteiger partial charge in [0.15, 0.2) is 0 Å². The Morgan fingerprint density at radius 2 is 1.96 bits per heavy atom. The lowest BCUT2D eigenvalue weighted by atomic mass is 9.73. The van der Waals surface area contributed by atoms with Crippen molar-refractivity contribution in [2.75, 3.05) is 5.32 Å². The number of pyridine rings is 1. The highest BCUT2D eigenvalue weighted by Crippen LogP contribution is 2.44. The van der Waals surface area contributed by atoms with E-state index in [0.717, 1.165) is 17.5 Å². The van der Waals surface area contributed by atoms with Crippen LogP contribution < -0.4 is 10.9 Å². The molecule has 2 aromatic carbocycles. The third kappa shape index (κ3) is 2.79. The Morgan fingerprint density at radius 3 is 2.77 bits per heavy atom. The fraction of sp³-hybridized carbons (Fsp3) is 0.318. The first kappa shape index (κ1) is 16.8. The highest BCUT2D eigenvalue weighted by Gasteiger charge is 2.31. The zero-order chi connectivity index (χ0) is 18.4. The third-order valence-electron chi connectivity index (χ3n) is 5.60. The van der Waals surface area contributed by atoms with Gasteiger partial charge in [0.2, 0.25) is 5.56 Å². The molecule has 4 heteroatoms. The highest BCUT2D eigenvalue weighted by atomic mass is 19.1. The van der Waals surface area contributed by atoms with E-state index in [0.29, 0.717) is 17.4 Å². The maximum atomic E-state index is 14.1. The summed E-state index contributed by atoms with van der Waals surface area (Å²) in [6.45, 7) is 6.67. The van der Waals surface area contributed by atoms with E-state index in [9.17, 15) is 9.18 Å². The fourth-order valence-electron chi connectivity index (χ4n) is 4.51. The predicted molar refractivity (Wildman–Crippen MR) is 104 cm³/mol. The molecule has 0 spiro atoms. The molecule has 1 heterocycles. The van der Waals surface area contributed by atoms with Crippen molar-refractivity contribution in [2.45, 2.75) is 39.2 Å². The van der Waals surface area contributed by atoms with Crippen molar-refractivity contribution in [1.29, 1.82) is 0 Å². The molecule has 3 aromatic rings. The summed E-state index contributed by atoms with van der Waals surface area (Å²) in [7, 11) is 0. The van der Waals surface area contributed by atoms with E-state index in [-0.39, 0.29) is 17.4 Å². The summed E-state index contributed by atoms with van der Waals surface area (Å²) in [4.78, 5) is 14.3. The second kappa shape index (κ2) is 6.27. The van der Waals surface area contributed by atoms with Crippen LogP contribution in [0.15, 0.2) is 47.3 Å². The van der Waals surface area contributed by atoms with Gasteiger partial charge in [-0.15, -0.1) is 0 Å². The number of aromatic amines is 1. The Hall–Kier alpha value is -2.62. The molecule has 3 atom stereocenters. The Bertz CT molecular complexity index is 1040. The summed E-state index contributed by atoms with van der Waals surface area (Å²) < 4.78 is 14.1. The number of hydrogen-bond acceptors (Lipinski definition) is 2. The molecule has 1 aliphatic rings. The molecule has 134 valence electrons. The number of aryl methyl sites for hydroxylation is 1. The standard InChI is InChI=1S/C22H23FN2O/c1-12-5-4-6-17-21(12)13(2)9-14(3)22(17)25-19-11-15(23)10-18-16(19)7-8-20(26)24-18/h4-8,10-11,13-14,22,25H,9H2,1-3H3,(H,24,26). The molecule has 0 saturated carbocycles. The SMILES string of the molecule is Cc1cccc2c1C(C)CC(C)C2Nc1cc(F)cc2[nH]c(=O)ccc12. The van der Waals surface area contributed by atoms with E-state index < -0.39 is 0 Å². The molecular weight excluding hydrogens is 327 g/mol. The van der Waals surface area contributed by atoms with Crippen LogP contribution in [0.25, 0.3) is 10.9 Å². The Morgan fingerprint density at radius 1 is 1.15 bits per heavy atom. The van der Waals surface area contributed by atoms with Gasteiger partial charge in [-0.05, 0) is 60.1 Å². The van der Waals surface area contributed by atoms with Gasteiger partial charge >= 0.3 is 0 Å². The van der Waals surface area contributed by atoms with Crippen molar-refractivity contribution in [3.05, 3.63) is 75.3 Å². The van der Waals surface area contributed by atoms with E-state index in [1.165, 1.54) is 34.9 Å². The van der Waals surface area contributed by atoms with Gasteiger partial charge in [0.05, 0.1) is 11.6 Å². The van der Waals surface area contributed by atoms with Gasteiger partial charge in [-0.1, -0.05) is 32.0 Å². The number of nitrogens with one attached hydrogen (secondary N) is 2. The zero-order valence-electron chi connectivity index (χ0n) is 15.3. The minimum absolute atomic E-state index is 0.109. The van der Waals surface area contributed by atoms with E-state index >= 15 is 0 Å². The number of hydrogen-bond donors (Lipinski definition) is 2. The summed E-state index contributed by atoms with van der Waals surface area (Å²) in [6.07, 6.45) is 1.08. The van der Waals surface area contributed by atoms with E-state index in [1.54, 1.807) is 6.07 Å². The summed E-state index contributed by atoms with van der Waals surface area (Å²) in [5, 5.41) is 4.40. The van der Waals surface area contributed by atoms with E-state index in [2.05, 4.69) is 49.3 Å². The minimum atomic E-state index is -0.358. The lowest BCUT2D eigenvalue weighted by Gasteiger charge is -2.37. The number of halogens is 1. The number of benzene rings is 2. The molecule has 0 amide bonds. The van der Waals surface area contributed by atoms with Gasteiger partial charge in [-0.3, -0.25) is 4.79 Å². The Kier molecular flexibility index (Phi) is 4.06. The van der Waals surface area contributed by atoms with Gasteiger partial charge in [-0.25, -0.2) is 4.39 Å². The summed E-state index contributed by atoms with van der Waals surface area (Å²) in [5.41, 5.74) is 5.00. The van der Waals surface area contributed by atoms with Crippen LogP contribution in [0.5, 0.6) is 0 Å². The molecule has 1 aromatic heterocycles. The van der Waals surface area contributed by atoms with Crippen LogP contribution in [-0.4, -0.2) is 4.98 Å². The molecule has 0 bridgehead atoms. The first-order valence-corrected chi connectivity index (χ1v) is 9.12. The van der Waals surface area contributed by atoms with Crippen molar-refractivity contribution in [3.8, 4) is 0 Å². The van der Waals surface area contributed by atoms with E-state index in [4.69, 9.17) is 0 Å². The molecule has 3 nitrogen and oxygen atoms in total. The summed E-state index contributed by atoms with van der Waals surface area (Å²) in [6, 6.07) is 12.7. The molecular formula is C22H23FN2O. The molecule has 4 rings (SSSR count). The monoisotopic (exact) mass is 350 g/mol. The van der Waals surface area contributed by atoms with Gasteiger partial charge in [0.25, 0.3) is 0 Å². The first-order chi connectivity index (χ1) is 12.4. The van der Waals surface area contributed by atoms with Gasteiger partial charge in [0.1, 0.15) is 5.82 Å². The number of fused-ring (bicyclic) bond motifs is 2. The second-order valence-electron chi connectivity index (χ2n) is 7.55. The van der Waals surface area contributed by atoms with Gasteiger partial charge < -0.3 is 10.3 Å². The van der Waals surface area contributed by atoms with Gasteiger partial charge in [-0.2, -0.15) is 0 Å². The van der Waals surface area contributed by atoms with Crippen LogP contribution in [0.1, 0.15) is 48.9 Å². The average Bonchev–Trinajstić information content (AvgIpc) is 2.57. The molecule has 0 fully saturated rings. The molecule has 0 aliphatic heterocycles. The topological polar surface area (TPSA) is 44.9 Å². The lowest BCUT2D eigenvalue weighted by molar-refractivity contribution is 0.395. The van der Waals surface area contributed by atoms with Crippen LogP contribution in [0.2, 0.25) is 0 Å².